The summed E-state index contributed by atoms with van der Waals surface area (Å²) < 4.78 is 26.3. The van der Waals surface area contributed by atoms with Gasteiger partial charge in [-0.05, 0) is 0 Å². The van der Waals surface area contributed by atoms with Crippen LogP contribution in [0.25, 0.3) is 0 Å². The maximum Gasteiger partial charge on any atom is 0.303 e. The fraction of sp³-hybridized carbons (Fsp3) is 0.733. The molecule has 0 aliphatic carbocycles. The molecule has 1 aliphatic heterocycles. The lowest BCUT2D eigenvalue weighted by Gasteiger charge is -2.43. The largest absolute Gasteiger partial charge is 0.463 e. The van der Waals surface area contributed by atoms with Gasteiger partial charge in [-0.3, -0.25) is 19.2 Å². The van der Waals surface area contributed by atoms with Crippen LogP contribution >= 0.6 is 11.8 Å². The van der Waals surface area contributed by atoms with Gasteiger partial charge in [-0.2, -0.15) is 0 Å². The number of methoxy groups -OCH3 is 1. The van der Waals surface area contributed by atoms with Crippen molar-refractivity contribution < 1.29 is 42.9 Å². The van der Waals surface area contributed by atoms with Crippen molar-refractivity contribution in [1.29, 1.82) is 0 Å². The van der Waals surface area contributed by atoms with Crippen LogP contribution < -0.4 is 0 Å². The summed E-state index contributed by atoms with van der Waals surface area (Å²) in [6, 6.07) is 0. The van der Waals surface area contributed by atoms with Crippen LogP contribution in [0, 0.1) is 0 Å². The van der Waals surface area contributed by atoms with Crippen molar-refractivity contribution in [2.24, 2.45) is 0 Å². The molecule has 25 heavy (non-hydrogen) atoms. The molecule has 1 aliphatic rings. The highest BCUT2D eigenvalue weighted by Crippen LogP contribution is 2.34. The maximum atomic E-state index is 11.6. The van der Waals surface area contributed by atoms with Crippen molar-refractivity contribution in [1.82, 2.24) is 0 Å². The van der Waals surface area contributed by atoms with Crippen molar-refractivity contribution in [3.05, 3.63) is 0 Å². The zero-order valence-electron chi connectivity index (χ0n) is 14.7. The molecule has 1 fully saturated rings. The quantitative estimate of drug-likeness (QED) is 0.476. The van der Waals surface area contributed by atoms with Crippen molar-refractivity contribution in [3.63, 3.8) is 0 Å². The number of hydrogen-bond acceptors (Lipinski definition) is 10. The van der Waals surface area contributed by atoms with E-state index in [1.807, 2.05) is 0 Å². The number of carbonyl (C=O) groups is 4. The van der Waals surface area contributed by atoms with E-state index in [9.17, 15) is 19.2 Å². The molecule has 0 bridgehead atoms. The minimum atomic E-state index is -1.07. The van der Waals surface area contributed by atoms with Crippen LogP contribution in [-0.2, 0) is 42.9 Å². The molecular formula is C15H22O9S. The fourth-order valence-corrected chi connectivity index (χ4v) is 3.40. The molecule has 10 heteroatoms. The first-order valence-corrected chi connectivity index (χ1v) is 8.37. The summed E-state index contributed by atoms with van der Waals surface area (Å²) >= 11 is 0.849. The summed E-state index contributed by atoms with van der Waals surface area (Å²) in [6.07, 6.45) is -3.96. The van der Waals surface area contributed by atoms with Gasteiger partial charge in [0.1, 0.15) is 12.7 Å². The first-order chi connectivity index (χ1) is 11.6. The monoisotopic (exact) mass is 378 g/mol. The molecule has 1 rings (SSSR count). The average Bonchev–Trinajstić information content (AvgIpc) is 2.48. The lowest BCUT2D eigenvalue weighted by Crippen LogP contribution is -2.60. The van der Waals surface area contributed by atoms with Crippen molar-refractivity contribution in [3.8, 4) is 0 Å². The Kier molecular flexibility index (Phi) is 8.33. The molecule has 0 aromatic rings. The third-order valence-electron chi connectivity index (χ3n) is 3.18. The molecule has 0 radical (unpaired) electrons. The molecule has 0 saturated carbocycles. The van der Waals surface area contributed by atoms with Gasteiger partial charge in [0.2, 0.25) is 0 Å². The Bertz CT molecular complexity index is 521. The van der Waals surface area contributed by atoms with E-state index in [0.717, 1.165) is 11.8 Å². The first kappa shape index (κ1) is 21.4. The predicted molar refractivity (Wildman–Crippen MR) is 85.5 cm³/mol. The van der Waals surface area contributed by atoms with E-state index in [-0.39, 0.29) is 11.7 Å². The summed E-state index contributed by atoms with van der Waals surface area (Å²) in [4.78, 5) is 45.7. The van der Waals surface area contributed by atoms with Gasteiger partial charge in [-0.25, -0.2) is 0 Å². The summed E-state index contributed by atoms with van der Waals surface area (Å²) in [6.45, 7) is 4.77. The zero-order chi connectivity index (χ0) is 19.1. The number of thioether (sulfide) groups is 1. The van der Waals surface area contributed by atoms with Gasteiger partial charge in [0.25, 0.3) is 0 Å². The number of ether oxygens (including phenoxy) is 5. The van der Waals surface area contributed by atoms with Crippen LogP contribution in [0.3, 0.4) is 0 Å². The van der Waals surface area contributed by atoms with Crippen LogP contribution in [0.2, 0.25) is 0 Å². The lowest BCUT2D eigenvalue weighted by atomic mass is 10.0. The third-order valence-corrected chi connectivity index (χ3v) is 4.36. The Hall–Kier alpha value is -1.65. The van der Waals surface area contributed by atoms with E-state index in [4.69, 9.17) is 23.7 Å². The fourth-order valence-electron chi connectivity index (χ4n) is 2.38. The molecule has 1 saturated heterocycles. The molecular weight excluding hydrogens is 356 g/mol. The van der Waals surface area contributed by atoms with Gasteiger partial charge >= 0.3 is 17.9 Å². The minimum absolute atomic E-state index is 0.176. The third kappa shape index (κ3) is 6.63. The smallest absolute Gasteiger partial charge is 0.303 e. The second-order valence-corrected chi connectivity index (χ2v) is 6.66. The van der Waals surface area contributed by atoms with E-state index in [2.05, 4.69) is 0 Å². The van der Waals surface area contributed by atoms with Crippen LogP contribution in [-0.4, -0.2) is 66.6 Å². The Labute approximate surface area is 149 Å². The average molecular weight is 378 g/mol. The van der Waals surface area contributed by atoms with Gasteiger partial charge in [0, 0.05) is 34.8 Å². The van der Waals surface area contributed by atoms with E-state index >= 15 is 0 Å². The molecule has 9 nitrogen and oxygen atoms in total. The molecule has 0 aromatic carbocycles. The number of hydrogen-bond donors (Lipinski definition) is 0. The Morgan fingerprint density at radius 2 is 1.48 bits per heavy atom. The maximum absolute atomic E-state index is 11.6. The standard InChI is InChI=1S/C15H22O9S/c1-7(16)21-6-11-14(25-10(4)19)12(22-8(2)17)13(23-9(3)18)15(20-5)24-11/h11-15H,6H2,1-5H3/t11-,12-,13-,14+,15-/m1/s1. The zero-order valence-corrected chi connectivity index (χ0v) is 15.5. The Balaban J connectivity index is 3.18. The van der Waals surface area contributed by atoms with E-state index < -0.39 is 47.8 Å². The molecule has 0 aromatic heterocycles. The number of carbonyl (C=O) groups excluding carboxylic acids is 4. The molecule has 1 heterocycles. The lowest BCUT2D eigenvalue weighted by molar-refractivity contribution is -0.269. The van der Waals surface area contributed by atoms with Crippen molar-refractivity contribution in [2.45, 2.75) is 57.5 Å². The van der Waals surface area contributed by atoms with E-state index in [1.54, 1.807) is 0 Å². The Morgan fingerprint density at radius 1 is 0.920 bits per heavy atom. The predicted octanol–water partition coefficient (Wildman–Crippen LogP) is 0.432. The van der Waals surface area contributed by atoms with Crippen molar-refractivity contribution in [2.75, 3.05) is 13.7 Å². The normalized spacial score (nSPS) is 28.8. The summed E-state index contributed by atoms with van der Waals surface area (Å²) in [5, 5.41) is -1.02. The van der Waals surface area contributed by atoms with Gasteiger partial charge in [0.15, 0.2) is 23.6 Å². The van der Waals surface area contributed by atoms with Gasteiger partial charge in [0.05, 0.1) is 5.25 Å². The summed E-state index contributed by atoms with van der Waals surface area (Å²) in [7, 11) is 1.33. The highest BCUT2D eigenvalue weighted by Gasteiger charge is 2.51. The van der Waals surface area contributed by atoms with E-state index in [1.165, 1.54) is 34.8 Å². The molecule has 142 valence electrons. The Morgan fingerprint density at radius 3 is 1.92 bits per heavy atom. The van der Waals surface area contributed by atoms with Crippen LogP contribution in [0.5, 0.6) is 0 Å². The summed E-state index contributed by atoms with van der Waals surface area (Å²) in [5.41, 5.74) is 0. The van der Waals surface area contributed by atoms with Gasteiger partial charge in [-0.1, -0.05) is 11.8 Å². The highest BCUT2D eigenvalue weighted by molar-refractivity contribution is 8.14. The minimum Gasteiger partial charge on any atom is -0.463 e. The topological polar surface area (TPSA) is 114 Å². The highest BCUT2D eigenvalue weighted by atomic mass is 32.2. The van der Waals surface area contributed by atoms with E-state index in [0.29, 0.717) is 0 Å². The number of esters is 3. The summed E-state index contributed by atoms with van der Waals surface area (Å²) in [5.74, 6) is -1.78. The van der Waals surface area contributed by atoms with Crippen LogP contribution in [0.4, 0.5) is 0 Å². The first-order valence-electron chi connectivity index (χ1n) is 7.49. The molecule has 0 spiro atoms. The van der Waals surface area contributed by atoms with Crippen molar-refractivity contribution >= 4 is 34.8 Å². The molecule has 5 atom stereocenters. The van der Waals surface area contributed by atoms with Gasteiger partial charge < -0.3 is 23.7 Å². The van der Waals surface area contributed by atoms with Crippen LogP contribution in [0.15, 0.2) is 0 Å². The molecule has 0 N–H and O–H groups in total. The molecule has 0 unspecified atom stereocenters. The van der Waals surface area contributed by atoms with Crippen LogP contribution in [0.1, 0.15) is 27.7 Å². The number of rotatable bonds is 6. The SMILES string of the molecule is CO[C@@H]1O[C@H](COC(C)=O)[C@H](SC(C)=O)[C@H](OC(C)=O)[C@H]1OC(C)=O. The second-order valence-electron chi connectivity index (χ2n) is 5.30. The second kappa shape index (κ2) is 9.73. The molecule has 0 amide bonds. The van der Waals surface area contributed by atoms with Gasteiger partial charge in [-0.15, -0.1) is 0 Å².